The first-order chi connectivity index (χ1) is 11.1. The number of aromatic nitrogens is 2. The van der Waals surface area contributed by atoms with Gasteiger partial charge in [0.05, 0.1) is 11.5 Å². The number of nitrogens with two attached hydrogens (primary N) is 1. The molecular weight excluding hydrogens is 335 g/mol. The average Bonchev–Trinajstić information content (AvgIpc) is 2.90. The van der Waals surface area contributed by atoms with Crippen molar-refractivity contribution in [1.29, 1.82) is 5.26 Å². The summed E-state index contributed by atoms with van der Waals surface area (Å²) in [6, 6.07) is 7.36. The van der Waals surface area contributed by atoms with E-state index in [4.69, 9.17) is 33.7 Å². The topological polar surface area (TPSA) is 87.7 Å². The Kier molecular flexibility index (Phi) is 4.20. The molecule has 0 fully saturated rings. The molecule has 3 rings (SSSR count). The molecule has 3 N–H and O–H groups in total. The Balaban J connectivity index is 2.29. The third-order valence-corrected chi connectivity index (χ3v) is 4.47. The average molecular weight is 349 g/mol. The highest BCUT2D eigenvalue weighted by Gasteiger charge is 2.37. The molecule has 7 heteroatoms. The van der Waals surface area contributed by atoms with Crippen LogP contribution in [0.4, 0.5) is 0 Å². The molecule has 0 bridgehead atoms. The fourth-order valence-electron chi connectivity index (χ4n) is 2.82. The van der Waals surface area contributed by atoms with Crippen LogP contribution in [-0.4, -0.2) is 10.2 Å². The molecule has 2 heterocycles. The summed E-state index contributed by atoms with van der Waals surface area (Å²) < 4.78 is 5.50. The standard InChI is InChI=1S/C16H14Cl2N4O/c1-2-4-11-14-12(13-9(17)5-3-6-10(13)18)8(7-19)15(20)23-16(14)22-21-11/h3,5-6,12H,2,4,20H2,1H3,(H,21,22)/t12-/m1/s1. The Morgan fingerprint density at radius 2 is 2.04 bits per heavy atom. The number of benzene rings is 1. The van der Waals surface area contributed by atoms with Gasteiger partial charge in [-0.3, -0.25) is 5.10 Å². The molecule has 0 unspecified atom stereocenters. The number of halogens is 2. The van der Waals surface area contributed by atoms with Gasteiger partial charge in [0.1, 0.15) is 11.6 Å². The molecule has 118 valence electrons. The van der Waals surface area contributed by atoms with E-state index in [2.05, 4.69) is 23.2 Å². The molecule has 1 aliphatic heterocycles. The van der Waals surface area contributed by atoms with Crippen LogP contribution in [0.3, 0.4) is 0 Å². The minimum atomic E-state index is -0.495. The van der Waals surface area contributed by atoms with Gasteiger partial charge >= 0.3 is 0 Å². The van der Waals surface area contributed by atoms with Crippen molar-refractivity contribution >= 4 is 23.2 Å². The predicted molar refractivity (Wildman–Crippen MR) is 88.3 cm³/mol. The van der Waals surface area contributed by atoms with Crippen LogP contribution in [0.5, 0.6) is 5.88 Å². The summed E-state index contributed by atoms with van der Waals surface area (Å²) in [5, 5.41) is 17.7. The van der Waals surface area contributed by atoms with Crippen LogP contribution in [0, 0.1) is 11.3 Å². The van der Waals surface area contributed by atoms with Crippen molar-refractivity contribution in [2.24, 2.45) is 5.73 Å². The highest BCUT2D eigenvalue weighted by molar-refractivity contribution is 6.36. The Labute approximate surface area is 143 Å². The van der Waals surface area contributed by atoms with Crippen molar-refractivity contribution in [2.45, 2.75) is 25.7 Å². The quantitative estimate of drug-likeness (QED) is 0.880. The number of fused-ring (bicyclic) bond motifs is 1. The van der Waals surface area contributed by atoms with Crippen LogP contribution < -0.4 is 10.5 Å². The third kappa shape index (κ3) is 2.54. The van der Waals surface area contributed by atoms with E-state index in [1.165, 1.54) is 0 Å². The lowest BCUT2D eigenvalue weighted by molar-refractivity contribution is 0.378. The number of hydrogen-bond donors (Lipinski definition) is 2. The Hall–Kier alpha value is -2.16. The summed E-state index contributed by atoms with van der Waals surface area (Å²) in [5.74, 6) is -0.105. The number of rotatable bonds is 3. The van der Waals surface area contributed by atoms with E-state index in [0.717, 1.165) is 24.1 Å². The van der Waals surface area contributed by atoms with E-state index >= 15 is 0 Å². The van der Waals surface area contributed by atoms with Crippen molar-refractivity contribution in [2.75, 3.05) is 0 Å². The van der Waals surface area contributed by atoms with Gasteiger partial charge in [0, 0.05) is 21.3 Å². The molecule has 1 aliphatic rings. The zero-order valence-corrected chi connectivity index (χ0v) is 13.9. The van der Waals surface area contributed by atoms with Gasteiger partial charge in [-0.05, 0) is 18.6 Å². The number of nitrogens with zero attached hydrogens (tertiary/aromatic N) is 2. The van der Waals surface area contributed by atoms with Crippen LogP contribution in [-0.2, 0) is 6.42 Å². The first kappa shape index (κ1) is 15.7. The smallest absolute Gasteiger partial charge is 0.244 e. The molecular formula is C16H14Cl2N4O. The number of nitrogens with one attached hydrogen (secondary N) is 1. The molecule has 0 saturated carbocycles. The van der Waals surface area contributed by atoms with Gasteiger partial charge in [-0.25, -0.2) is 0 Å². The van der Waals surface area contributed by atoms with E-state index in [1.807, 2.05) is 0 Å². The maximum absolute atomic E-state index is 9.57. The Morgan fingerprint density at radius 1 is 1.35 bits per heavy atom. The number of ether oxygens (including phenoxy) is 1. The van der Waals surface area contributed by atoms with Gasteiger partial charge in [0.25, 0.3) is 0 Å². The van der Waals surface area contributed by atoms with Gasteiger partial charge in [0.2, 0.25) is 11.8 Å². The van der Waals surface area contributed by atoms with E-state index in [-0.39, 0.29) is 11.5 Å². The molecule has 1 aromatic carbocycles. The minimum absolute atomic E-state index is 0.0236. The van der Waals surface area contributed by atoms with Crippen molar-refractivity contribution in [1.82, 2.24) is 10.2 Å². The lowest BCUT2D eigenvalue weighted by Crippen LogP contribution is -2.21. The summed E-state index contributed by atoms with van der Waals surface area (Å²) in [7, 11) is 0. The summed E-state index contributed by atoms with van der Waals surface area (Å²) in [4.78, 5) is 0. The van der Waals surface area contributed by atoms with E-state index < -0.39 is 5.92 Å². The maximum atomic E-state index is 9.57. The van der Waals surface area contributed by atoms with Crippen molar-refractivity contribution < 1.29 is 4.74 Å². The normalized spacial score (nSPS) is 16.7. The molecule has 0 amide bonds. The summed E-state index contributed by atoms with van der Waals surface area (Å²) in [6.45, 7) is 2.06. The summed E-state index contributed by atoms with van der Waals surface area (Å²) >= 11 is 12.7. The van der Waals surface area contributed by atoms with Crippen molar-refractivity contribution in [3.63, 3.8) is 0 Å². The van der Waals surface area contributed by atoms with Gasteiger partial charge < -0.3 is 10.5 Å². The van der Waals surface area contributed by atoms with Crippen molar-refractivity contribution in [3.8, 4) is 11.9 Å². The second-order valence-corrected chi connectivity index (χ2v) is 6.05. The molecule has 5 nitrogen and oxygen atoms in total. The Bertz CT molecular complexity index is 815. The number of allylic oxidation sites excluding steroid dienone is 1. The monoisotopic (exact) mass is 348 g/mol. The summed E-state index contributed by atoms with van der Waals surface area (Å²) in [6.07, 6.45) is 1.68. The van der Waals surface area contributed by atoms with Crippen LogP contribution in [0.15, 0.2) is 29.7 Å². The highest BCUT2D eigenvalue weighted by atomic mass is 35.5. The summed E-state index contributed by atoms with van der Waals surface area (Å²) in [5.41, 5.74) is 8.49. The lowest BCUT2D eigenvalue weighted by atomic mass is 9.83. The van der Waals surface area contributed by atoms with Crippen LogP contribution >= 0.6 is 23.2 Å². The zero-order chi connectivity index (χ0) is 16.6. The molecule has 2 aromatic rings. The van der Waals surface area contributed by atoms with E-state index in [0.29, 0.717) is 21.5 Å². The molecule has 23 heavy (non-hydrogen) atoms. The van der Waals surface area contributed by atoms with Gasteiger partial charge in [-0.2, -0.15) is 5.26 Å². The minimum Gasteiger partial charge on any atom is -0.420 e. The maximum Gasteiger partial charge on any atom is 0.244 e. The SMILES string of the molecule is CCCc1[nH]nc2c1[C@@H](c1c(Cl)cccc1Cl)C(C#N)=C(N)O2. The van der Waals surface area contributed by atoms with Crippen LogP contribution in [0.25, 0.3) is 0 Å². The molecule has 0 radical (unpaired) electrons. The number of H-pyrrole nitrogens is 1. The van der Waals surface area contributed by atoms with Crippen LogP contribution in [0.1, 0.15) is 36.1 Å². The molecule has 0 saturated heterocycles. The zero-order valence-electron chi connectivity index (χ0n) is 12.4. The fourth-order valence-corrected chi connectivity index (χ4v) is 3.44. The highest BCUT2D eigenvalue weighted by Crippen LogP contribution is 2.47. The fraction of sp³-hybridized carbons (Fsp3) is 0.250. The third-order valence-electron chi connectivity index (χ3n) is 3.81. The van der Waals surface area contributed by atoms with Gasteiger partial charge in [-0.1, -0.05) is 42.6 Å². The van der Waals surface area contributed by atoms with Gasteiger partial charge in [0.15, 0.2) is 0 Å². The van der Waals surface area contributed by atoms with Crippen LogP contribution in [0.2, 0.25) is 10.0 Å². The van der Waals surface area contributed by atoms with E-state index in [1.54, 1.807) is 18.2 Å². The number of aryl methyl sites for hydroxylation is 1. The van der Waals surface area contributed by atoms with Crippen molar-refractivity contribution in [3.05, 3.63) is 56.5 Å². The second-order valence-electron chi connectivity index (χ2n) is 5.23. The van der Waals surface area contributed by atoms with E-state index in [9.17, 15) is 5.26 Å². The molecule has 1 atom stereocenters. The number of nitriles is 1. The molecule has 0 spiro atoms. The lowest BCUT2D eigenvalue weighted by Gasteiger charge is -2.25. The first-order valence-electron chi connectivity index (χ1n) is 7.17. The second kappa shape index (κ2) is 6.15. The predicted octanol–water partition coefficient (Wildman–Crippen LogP) is 3.89. The number of aromatic amines is 1. The number of hydrogen-bond acceptors (Lipinski definition) is 4. The first-order valence-corrected chi connectivity index (χ1v) is 7.92. The molecule has 0 aliphatic carbocycles. The van der Waals surface area contributed by atoms with Gasteiger partial charge in [-0.15, -0.1) is 5.10 Å². The molecule has 1 aromatic heterocycles. The Morgan fingerprint density at radius 3 is 2.65 bits per heavy atom. The largest absolute Gasteiger partial charge is 0.420 e.